The van der Waals surface area contributed by atoms with E-state index < -0.39 is 12.3 Å². The van der Waals surface area contributed by atoms with Gasteiger partial charge in [0, 0.05) is 13.1 Å². The highest BCUT2D eigenvalue weighted by atomic mass is 19.1. The maximum atomic E-state index is 12.7. The number of rotatable bonds is 3. The van der Waals surface area contributed by atoms with Crippen molar-refractivity contribution in [1.29, 1.82) is 0 Å². The quantitative estimate of drug-likeness (QED) is 0.839. The van der Waals surface area contributed by atoms with Gasteiger partial charge in [0.1, 0.15) is 0 Å². The van der Waals surface area contributed by atoms with Crippen molar-refractivity contribution in [2.75, 3.05) is 6.54 Å². The number of aliphatic hydroxyl groups is 1. The van der Waals surface area contributed by atoms with Crippen molar-refractivity contribution >= 4 is 5.91 Å². The molecule has 3 nitrogen and oxygen atoms in total. The van der Waals surface area contributed by atoms with Crippen molar-refractivity contribution in [2.45, 2.75) is 19.3 Å². The van der Waals surface area contributed by atoms with Gasteiger partial charge in [0.15, 0.2) is 0 Å². The lowest BCUT2D eigenvalue weighted by atomic mass is 10.1. The second-order valence-corrected chi connectivity index (χ2v) is 4.01. The van der Waals surface area contributed by atoms with Gasteiger partial charge in [-0.05, 0) is 12.0 Å². The van der Waals surface area contributed by atoms with Crippen molar-refractivity contribution in [1.82, 2.24) is 4.90 Å². The molecule has 1 aliphatic heterocycles. The number of carbonyl (C=O) groups excluding carboxylic acids is 1. The van der Waals surface area contributed by atoms with Gasteiger partial charge in [-0.2, -0.15) is 0 Å². The van der Waals surface area contributed by atoms with E-state index in [0.29, 0.717) is 19.5 Å². The van der Waals surface area contributed by atoms with Crippen LogP contribution in [-0.2, 0) is 11.3 Å². The molecule has 0 radical (unpaired) electrons. The third kappa shape index (κ3) is 2.22. The zero-order chi connectivity index (χ0) is 11.5. The van der Waals surface area contributed by atoms with E-state index in [0.717, 1.165) is 5.56 Å². The minimum atomic E-state index is -2.03. The maximum absolute atomic E-state index is 12.7. The topological polar surface area (TPSA) is 40.5 Å². The predicted molar refractivity (Wildman–Crippen MR) is 57.1 cm³/mol. The Bertz CT molecular complexity index is 367. The summed E-state index contributed by atoms with van der Waals surface area (Å²) in [7, 11) is 0. The first kappa shape index (κ1) is 11.1. The van der Waals surface area contributed by atoms with Crippen LogP contribution in [0.2, 0.25) is 0 Å². The summed E-state index contributed by atoms with van der Waals surface area (Å²) in [4.78, 5) is 13.3. The summed E-state index contributed by atoms with van der Waals surface area (Å²) in [5, 5.41) is 8.79. The average Bonchev–Trinajstić information content (AvgIpc) is 2.62. The largest absolute Gasteiger partial charge is 0.363 e. The highest BCUT2D eigenvalue weighted by molar-refractivity contribution is 5.81. The summed E-state index contributed by atoms with van der Waals surface area (Å²) in [5.74, 6) is -1.16. The Morgan fingerprint density at radius 2 is 2.12 bits per heavy atom. The van der Waals surface area contributed by atoms with Crippen molar-refractivity contribution in [3.05, 3.63) is 35.9 Å². The number of carbonyl (C=O) groups is 1. The van der Waals surface area contributed by atoms with Crippen LogP contribution < -0.4 is 0 Å². The van der Waals surface area contributed by atoms with Crippen molar-refractivity contribution in [3.8, 4) is 0 Å². The Kier molecular flexibility index (Phi) is 3.19. The minimum absolute atomic E-state index is 0.293. The van der Waals surface area contributed by atoms with Gasteiger partial charge in [0.2, 0.25) is 12.3 Å². The zero-order valence-corrected chi connectivity index (χ0v) is 8.84. The molecule has 0 saturated carbocycles. The Hall–Kier alpha value is -1.42. The fourth-order valence-electron chi connectivity index (χ4n) is 1.98. The first-order valence-electron chi connectivity index (χ1n) is 5.33. The molecular weight excluding hydrogens is 209 g/mol. The summed E-state index contributed by atoms with van der Waals surface area (Å²) in [5.41, 5.74) is 1.02. The summed E-state index contributed by atoms with van der Waals surface area (Å²) >= 11 is 0. The molecule has 86 valence electrons. The van der Waals surface area contributed by atoms with Gasteiger partial charge in [0.05, 0.1) is 5.92 Å². The maximum Gasteiger partial charge on any atom is 0.231 e. The van der Waals surface area contributed by atoms with Crippen LogP contribution >= 0.6 is 0 Å². The fraction of sp³-hybridized carbons (Fsp3) is 0.417. The van der Waals surface area contributed by atoms with Crippen LogP contribution in [0.5, 0.6) is 0 Å². The van der Waals surface area contributed by atoms with Gasteiger partial charge in [0.25, 0.3) is 0 Å². The van der Waals surface area contributed by atoms with Crippen LogP contribution in [0.15, 0.2) is 30.3 Å². The summed E-state index contributed by atoms with van der Waals surface area (Å²) in [6.45, 7) is 1.00. The van der Waals surface area contributed by atoms with Crippen LogP contribution in [0, 0.1) is 5.92 Å². The van der Waals surface area contributed by atoms with Gasteiger partial charge in [-0.25, -0.2) is 4.39 Å². The van der Waals surface area contributed by atoms with Crippen LogP contribution in [0.4, 0.5) is 4.39 Å². The number of benzene rings is 1. The Balaban J connectivity index is 2.01. The normalized spacial score (nSPS) is 22.5. The van der Waals surface area contributed by atoms with Crippen molar-refractivity contribution in [2.24, 2.45) is 5.92 Å². The molecular formula is C12H14FNO2. The number of nitrogens with zero attached hydrogens (tertiary/aromatic N) is 1. The summed E-state index contributed by atoms with van der Waals surface area (Å²) in [6, 6.07) is 9.55. The number of hydrogen-bond acceptors (Lipinski definition) is 2. The van der Waals surface area contributed by atoms with E-state index in [1.54, 1.807) is 4.90 Å². The molecule has 1 aromatic rings. The average molecular weight is 223 g/mol. The van der Waals surface area contributed by atoms with Gasteiger partial charge in [-0.3, -0.25) is 4.79 Å². The molecule has 1 aromatic carbocycles. The molecule has 1 fully saturated rings. The molecule has 0 bridgehead atoms. The van der Waals surface area contributed by atoms with Gasteiger partial charge >= 0.3 is 0 Å². The van der Waals surface area contributed by atoms with E-state index in [4.69, 9.17) is 5.11 Å². The number of alkyl halides is 1. The first-order chi connectivity index (χ1) is 7.68. The van der Waals surface area contributed by atoms with Crippen molar-refractivity contribution < 1.29 is 14.3 Å². The monoisotopic (exact) mass is 223 g/mol. The summed E-state index contributed by atoms with van der Waals surface area (Å²) < 4.78 is 12.7. The predicted octanol–water partition coefficient (Wildman–Crippen LogP) is 1.32. The lowest BCUT2D eigenvalue weighted by molar-refractivity contribution is -0.138. The molecule has 1 saturated heterocycles. The van der Waals surface area contributed by atoms with E-state index >= 15 is 0 Å². The molecule has 0 aliphatic carbocycles. The number of likely N-dealkylation sites (tertiary alicyclic amines) is 1. The van der Waals surface area contributed by atoms with Gasteiger partial charge in [-0.15, -0.1) is 0 Å². The molecule has 1 N–H and O–H groups in total. The molecule has 2 atom stereocenters. The molecule has 2 rings (SSSR count). The van der Waals surface area contributed by atoms with E-state index in [9.17, 15) is 9.18 Å². The molecule has 4 heteroatoms. The molecule has 2 unspecified atom stereocenters. The molecule has 1 heterocycles. The summed E-state index contributed by atoms with van der Waals surface area (Å²) in [6.07, 6.45) is -1.64. The van der Waals surface area contributed by atoms with Crippen LogP contribution in [0.25, 0.3) is 0 Å². The smallest absolute Gasteiger partial charge is 0.231 e. The molecule has 1 amide bonds. The Morgan fingerprint density at radius 1 is 1.44 bits per heavy atom. The standard InChI is InChI=1S/C12H14FNO2/c13-11(15)10-6-7-14(12(10)16)8-9-4-2-1-3-5-9/h1-5,10-11,15H,6-8H2. The van der Waals surface area contributed by atoms with Crippen LogP contribution in [0.1, 0.15) is 12.0 Å². The Morgan fingerprint density at radius 3 is 2.69 bits per heavy atom. The first-order valence-corrected chi connectivity index (χ1v) is 5.33. The molecule has 0 spiro atoms. The fourth-order valence-corrected chi connectivity index (χ4v) is 1.98. The number of amides is 1. The van der Waals surface area contributed by atoms with Crippen molar-refractivity contribution in [3.63, 3.8) is 0 Å². The van der Waals surface area contributed by atoms with E-state index in [-0.39, 0.29) is 5.91 Å². The number of hydrogen-bond donors (Lipinski definition) is 1. The SMILES string of the molecule is O=C1C(C(O)F)CCN1Cc1ccccc1. The van der Waals surface area contributed by atoms with E-state index in [1.807, 2.05) is 30.3 Å². The highest BCUT2D eigenvalue weighted by Crippen LogP contribution is 2.23. The highest BCUT2D eigenvalue weighted by Gasteiger charge is 2.36. The third-order valence-corrected chi connectivity index (χ3v) is 2.89. The second kappa shape index (κ2) is 4.61. The van der Waals surface area contributed by atoms with E-state index in [2.05, 4.69) is 0 Å². The zero-order valence-electron chi connectivity index (χ0n) is 8.84. The van der Waals surface area contributed by atoms with Crippen LogP contribution in [0.3, 0.4) is 0 Å². The molecule has 0 aromatic heterocycles. The van der Waals surface area contributed by atoms with Crippen LogP contribution in [-0.4, -0.2) is 28.8 Å². The lowest BCUT2D eigenvalue weighted by Crippen LogP contribution is -2.30. The van der Waals surface area contributed by atoms with Gasteiger partial charge in [-0.1, -0.05) is 30.3 Å². The number of aliphatic hydroxyl groups excluding tert-OH is 1. The number of halogens is 1. The third-order valence-electron chi connectivity index (χ3n) is 2.89. The second-order valence-electron chi connectivity index (χ2n) is 4.01. The lowest BCUT2D eigenvalue weighted by Gasteiger charge is -2.16. The van der Waals surface area contributed by atoms with Gasteiger partial charge < -0.3 is 10.0 Å². The molecule has 16 heavy (non-hydrogen) atoms. The molecule has 1 aliphatic rings. The Labute approximate surface area is 93.5 Å². The minimum Gasteiger partial charge on any atom is -0.363 e. The van der Waals surface area contributed by atoms with E-state index in [1.165, 1.54) is 0 Å².